The lowest BCUT2D eigenvalue weighted by Crippen LogP contribution is -2.58. The Morgan fingerprint density at radius 1 is 1.24 bits per heavy atom. The summed E-state index contributed by atoms with van der Waals surface area (Å²) >= 11 is 0. The Hall–Kier alpha value is -2.72. The molecule has 176 valence electrons. The SMILES string of the molecule is Cc1cc(C(=O)N2CCC3(CC2)CN(CC#N)CC(c2ccccc2)O3)ccc1C(C)(C)O.[HH]. The van der Waals surface area contributed by atoms with Gasteiger partial charge in [0.15, 0.2) is 0 Å². The summed E-state index contributed by atoms with van der Waals surface area (Å²) in [5.41, 5.74) is 2.22. The monoisotopic (exact) mass is 449 g/mol. The molecule has 1 unspecified atom stereocenters. The van der Waals surface area contributed by atoms with Crippen LogP contribution in [-0.2, 0) is 10.3 Å². The highest BCUT2D eigenvalue weighted by atomic mass is 16.5. The van der Waals surface area contributed by atoms with Gasteiger partial charge >= 0.3 is 0 Å². The fourth-order valence-electron chi connectivity index (χ4n) is 5.20. The van der Waals surface area contributed by atoms with Crippen LogP contribution in [0.1, 0.15) is 61.3 Å². The minimum absolute atomic E-state index is 0. The van der Waals surface area contributed by atoms with Crippen molar-refractivity contribution in [3.8, 4) is 6.07 Å². The lowest BCUT2D eigenvalue weighted by atomic mass is 9.87. The second-order valence-electron chi connectivity index (χ2n) is 9.91. The molecule has 0 aliphatic carbocycles. The number of rotatable bonds is 4. The Balaban J connectivity index is 0.00000324. The van der Waals surface area contributed by atoms with Gasteiger partial charge in [0.1, 0.15) is 0 Å². The van der Waals surface area contributed by atoms with E-state index in [1.54, 1.807) is 13.8 Å². The Kier molecular flexibility index (Phi) is 6.58. The third kappa shape index (κ3) is 5.11. The van der Waals surface area contributed by atoms with E-state index in [2.05, 4.69) is 23.1 Å². The summed E-state index contributed by atoms with van der Waals surface area (Å²) in [6.07, 6.45) is 1.41. The molecule has 0 bridgehead atoms. The first-order valence-corrected chi connectivity index (χ1v) is 11.7. The highest BCUT2D eigenvalue weighted by molar-refractivity contribution is 5.94. The van der Waals surface area contributed by atoms with Gasteiger partial charge in [0.25, 0.3) is 5.91 Å². The number of piperidine rings is 1. The smallest absolute Gasteiger partial charge is 0.253 e. The van der Waals surface area contributed by atoms with Gasteiger partial charge in [0.2, 0.25) is 0 Å². The molecule has 1 spiro atoms. The van der Waals surface area contributed by atoms with Crippen molar-refractivity contribution >= 4 is 5.91 Å². The van der Waals surface area contributed by atoms with Crippen molar-refractivity contribution in [2.45, 2.75) is 50.9 Å². The number of nitrogens with zero attached hydrogens (tertiary/aromatic N) is 3. The first-order valence-electron chi connectivity index (χ1n) is 11.7. The third-order valence-electron chi connectivity index (χ3n) is 6.89. The molecule has 2 heterocycles. The number of ether oxygens (including phenoxy) is 1. The second-order valence-corrected chi connectivity index (χ2v) is 9.91. The molecule has 2 aromatic carbocycles. The standard InChI is InChI=1S/C27H33N3O3.H2/c1-20-17-22(9-10-23(20)26(2,3)32)25(31)30-14-11-27(12-15-30)19-29(16-13-28)18-24(33-27)21-7-5-4-6-8-21;/h4-10,17,24,32H,11-12,14-16,18-19H2,1-3H3;1H. The number of aliphatic hydroxyl groups is 1. The van der Waals surface area contributed by atoms with Crippen LogP contribution in [0, 0.1) is 18.3 Å². The Labute approximate surface area is 197 Å². The van der Waals surface area contributed by atoms with Crippen molar-refractivity contribution in [2.24, 2.45) is 0 Å². The van der Waals surface area contributed by atoms with E-state index in [0.29, 0.717) is 38.3 Å². The van der Waals surface area contributed by atoms with Crippen LogP contribution in [0.15, 0.2) is 48.5 Å². The van der Waals surface area contributed by atoms with Crippen LogP contribution < -0.4 is 0 Å². The molecule has 2 saturated heterocycles. The normalized spacial score (nSPS) is 21.1. The maximum absolute atomic E-state index is 13.2. The fourth-order valence-corrected chi connectivity index (χ4v) is 5.20. The first-order chi connectivity index (χ1) is 15.7. The predicted molar refractivity (Wildman–Crippen MR) is 129 cm³/mol. The lowest BCUT2D eigenvalue weighted by Gasteiger charge is -2.49. The molecule has 0 radical (unpaired) electrons. The van der Waals surface area contributed by atoms with Gasteiger partial charge < -0.3 is 14.7 Å². The molecule has 2 fully saturated rings. The molecule has 2 aliphatic heterocycles. The van der Waals surface area contributed by atoms with E-state index < -0.39 is 5.60 Å². The molecule has 2 aromatic rings. The number of benzene rings is 2. The van der Waals surface area contributed by atoms with Gasteiger partial charge in [-0.15, -0.1) is 0 Å². The Morgan fingerprint density at radius 3 is 2.55 bits per heavy atom. The number of hydrogen-bond acceptors (Lipinski definition) is 5. The van der Waals surface area contributed by atoms with E-state index in [1.807, 2.05) is 48.2 Å². The molecule has 4 rings (SSSR count). The summed E-state index contributed by atoms with van der Waals surface area (Å²) < 4.78 is 6.67. The highest BCUT2D eigenvalue weighted by Gasteiger charge is 2.44. The maximum atomic E-state index is 13.2. The first kappa shape index (κ1) is 23.4. The Morgan fingerprint density at radius 2 is 1.94 bits per heavy atom. The molecule has 6 heteroatoms. The van der Waals surface area contributed by atoms with Crippen molar-refractivity contribution in [1.29, 1.82) is 5.26 Å². The highest BCUT2D eigenvalue weighted by Crippen LogP contribution is 2.38. The van der Waals surface area contributed by atoms with Crippen LogP contribution >= 0.6 is 0 Å². The van der Waals surface area contributed by atoms with E-state index in [9.17, 15) is 15.2 Å². The number of carbonyl (C=O) groups excluding carboxylic acids is 1. The number of aryl methyl sites for hydroxylation is 1. The zero-order chi connectivity index (χ0) is 23.6. The number of carbonyl (C=O) groups is 1. The molecule has 6 nitrogen and oxygen atoms in total. The number of nitriles is 1. The molecule has 2 aliphatic rings. The number of hydrogen-bond donors (Lipinski definition) is 1. The zero-order valence-corrected chi connectivity index (χ0v) is 19.8. The summed E-state index contributed by atoms with van der Waals surface area (Å²) in [6.45, 7) is 8.47. The van der Waals surface area contributed by atoms with Gasteiger partial charge in [0, 0.05) is 33.2 Å². The van der Waals surface area contributed by atoms with Gasteiger partial charge in [-0.25, -0.2) is 0 Å². The quantitative estimate of drug-likeness (QED) is 0.713. The molecule has 0 saturated carbocycles. The largest absolute Gasteiger partial charge is 0.386 e. The zero-order valence-electron chi connectivity index (χ0n) is 19.8. The van der Waals surface area contributed by atoms with E-state index >= 15 is 0 Å². The topological polar surface area (TPSA) is 76.8 Å². The van der Waals surface area contributed by atoms with Gasteiger partial charge in [-0.3, -0.25) is 9.69 Å². The molecular formula is C27H35N3O3. The van der Waals surface area contributed by atoms with Crippen molar-refractivity contribution < 1.29 is 16.1 Å². The van der Waals surface area contributed by atoms with Crippen LogP contribution in [0.2, 0.25) is 0 Å². The summed E-state index contributed by atoms with van der Waals surface area (Å²) in [5.74, 6) is 0.0135. The second kappa shape index (κ2) is 9.26. The van der Waals surface area contributed by atoms with E-state index in [0.717, 1.165) is 29.5 Å². The maximum Gasteiger partial charge on any atom is 0.253 e. The minimum Gasteiger partial charge on any atom is -0.386 e. The fraction of sp³-hybridized carbons (Fsp3) is 0.481. The van der Waals surface area contributed by atoms with Gasteiger partial charge in [0.05, 0.1) is 29.9 Å². The van der Waals surface area contributed by atoms with Crippen molar-refractivity contribution in [2.75, 3.05) is 32.7 Å². The summed E-state index contributed by atoms with van der Waals surface area (Å²) in [6, 6.07) is 18.0. The molecule has 1 N–H and O–H groups in total. The van der Waals surface area contributed by atoms with E-state index in [-0.39, 0.29) is 19.0 Å². The summed E-state index contributed by atoms with van der Waals surface area (Å²) in [5, 5.41) is 19.6. The molecule has 1 atom stereocenters. The van der Waals surface area contributed by atoms with Crippen LogP contribution in [0.4, 0.5) is 0 Å². The number of amides is 1. The lowest BCUT2D eigenvalue weighted by molar-refractivity contribution is -0.173. The summed E-state index contributed by atoms with van der Waals surface area (Å²) in [7, 11) is 0. The van der Waals surface area contributed by atoms with Gasteiger partial charge in [-0.05, 0) is 62.4 Å². The molecular weight excluding hydrogens is 414 g/mol. The average molecular weight is 450 g/mol. The van der Waals surface area contributed by atoms with Crippen LogP contribution in [-0.4, -0.2) is 59.1 Å². The molecule has 33 heavy (non-hydrogen) atoms. The average Bonchev–Trinajstić information content (AvgIpc) is 2.79. The molecule has 0 aromatic heterocycles. The number of likely N-dealkylation sites (tertiary alicyclic amines) is 1. The third-order valence-corrected chi connectivity index (χ3v) is 6.89. The summed E-state index contributed by atoms with van der Waals surface area (Å²) in [4.78, 5) is 17.3. The van der Waals surface area contributed by atoms with Crippen LogP contribution in [0.5, 0.6) is 0 Å². The van der Waals surface area contributed by atoms with Gasteiger partial charge in [-0.2, -0.15) is 5.26 Å². The van der Waals surface area contributed by atoms with Crippen molar-refractivity contribution in [3.05, 3.63) is 70.8 Å². The number of morpholine rings is 1. The van der Waals surface area contributed by atoms with Crippen LogP contribution in [0.3, 0.4) is 0 Å². The Bertz CT molecular complexity index is 1040. The van der Waals surface area contributed by atoms with Gasteiger partial charge in [-0.1, -0.05) is 36.4 Å². The van der Waals surface area contributed by atoms with E-state index in [4.69, 9.17) is 4.74 Å². The van der Waals surface area contributed by atoms with E-state index in [1.165, 1.54) is 0 Å². The van der Waals surface area contributed by atoms with Crippen molar-refractivity contribution in [1.82, 2.24) is 9.80 Å². The molecule has 1 amide bonds. The van der Waals surface area contributed by atoms with Crippen molar-refractivity contribution in [3.63, 3.8) is 0 Å². The predicted octanol–water partition coefficient (Wildman–Crippen LogP) is 4.04. The minimum atomic E-state index is -0.938. The van der Waals surface area contributed by atoms with Crippen LogP contribution in [0.25, 0.3) is 0 Å².